The molecule has 7 heteroatoms. The van der Waals surface area contributed by atoms with Crippen molar-refractivity contribution >= 4 is 34.1 Å². The predicted octanol–water partition coefficient (Wildman–Crippen LogP) is 3.14. The van der Waals surface area contributed by atoms with E-state index >= 15 is 0 Å². The maximum absolute atomic E-state index is 13.9. The van der Waals surface area contributed by atoms with Gasteiger partial charge >= 0.3 is 0 Å². The number of hydrogen-bond donors (Lipinski definition) is 0. The number of piperazine rings is 1. The average Bonchev–Trinajstić information content (AvgIpc) is 2.63. The molecule has 0 radical (unpaired) electrons. The summed E-state index contributed by atoms with van der Waals surface area (Å²) in [6.45, 7) is 3.20. The maximum Gasteiger partial charge on any atom is 0.149 e. The number of para-hydroxylation sites is 1. The molecule has 3 aromatic rings. The van der Waals surface area contributed by atoms with E-state index in [1.54, 1.807) is 12.3 Å². The van der Waals surface area contributed by atoms with E-state index in [2.05, 4.69) is 24.8 Å². The molecular formula is C17H15ClFN5. The van der Waals surface area contributed by atoms with Crippen LogP contribution in [0, 0.1) is 5.82 Å². The van der Waals surface area contributed by atoms with Crippen LogP contribution >= 0.6 is 11.6 Å². The molecule has 1 aromatic carbocycles. The van der Waals surface area contributed by atoms with Crippen molar-refractivity contribution in [3.8, 4) is 0 Å². The summed E-state index contributed by atoms with van der Waals surface area (Å²) in [6.07, 6.45) is 3.08. The lowest BCUT2D eigenvalue weighted by atomic mass is 10.2. The van der Waals surface area contributed by atoms with Crippen LogP contribution in [0.25, 0.3) is 10.9 Å². The molecule has 0 N–H and O–H groups in total. The molecule has 24 heavy (non-hydrogen) atoms. The predicted molar refractivity (Wildman–Crippen MR) is 93.2 cm³/mol. The van der Waals surface area contributed by atoms with Gasteiger partial charge in [-0.1, -0.05) is 17.7 Å². The number of halogens is 2. The molecule has 1 fully saturated rings. The lowest BCUT2D eigenvalue weighted by Crippen LogP contribution is -2.47. The Labute approximate surface area is 143 Å². The molecule has 0 spiro atoms. The molecule has 1 aliphatic rings. The molecule has 1 aliphatic heterocycles. The topological polar surface area (TPSA) is 45.2 Å². The minimum absolute atomic E-state index is 0.319. The van der Waals surface area contributed by atoms with Gasteiger partial charge in [-0.2, -0.15) is 0 Å². The van der Waals surface area contributed by atoms with E-state index in [0.717, 1.165) is 43.2 Å². The summed E-state index contributed by atoms with van der Waals surface area (Å²) in [5.74, 6) is 1.38. The Morgan fingerprint density at radius 1 is 0.917 bits per heavy atom. The summed E-state index contributed by atoms with van der Waals surface area (Å²) in [5, 5.41) is 1.38. The average molecular weight is 344 g/mol. The first-order chi connectivity index (χ1) is 11.7. The Morgan fingerprint density at radius 2 is 1.71 bits per heavy atom. The molecule has 3 heterocycles. The monoisotopic (exact) mass is 343 g/mol. The number of hydrogen-bond acceptors (Lipinski definition) is 5. The van der Waals surface area contributed by atoms with E-state index in [0.29, 0.717) is 10.5 Å². The van der Waals surface area contributed by atoms with Gasteiger partial charge in [0.25, 0.3) is 0 Å². The number of rotatable bonds is 2. The van der Waals surface area contributed by atoms with Crippen molar-refractivity contribution < 1.29 is 4.39 Å². The molecule has 0 unspecified atom stereocenters. The molecule has 0 bridgehead atoms. The second kappa shape index (κ2) is 6.20. The van der Waals surface area contributed by atoms with Crippen molar-refractivity contribution in [1.29, 1.82) is 0 Å². The molecule has 1 saturated heterocycles. The highest BCUT2D eigenvalue weighted by molar-refractivity contribution is 6.30. The van der Waals surface area contributed by atoms with Crippen LogP contribution < -0.4 is 9.80 Å². The second-order valence-electron chi connectivity index (χ2n) is 5.64. The van der Waals surface area contributed by atoms with Crippen molar-refractivity contribution in [2.75, 3.05) is 36.0 Å². The highest BCUT2D eigenvalue weighted by atomic mass is 35.5. The van der Waals surface area contributed by atoms with Crippen molar-refractivity contribution in [3.63, 3.8) is 0 Å². The van der Waals surface area contributed by atoms with E-state index in [-0.39, 0.29) is 5.82 Å². The fraction of sp³-hybridized carbons (Fsp3) is 0.235. The van der Waals surface area contributed by atoms with Crippen LogP contribution in [-0.2, 0) is 0 Å². The Bertz CT molecular complexity index is 862. The third-order valence-corrected chi connectivity index (χ3v) is 4.43. The standard InChI is InChI=1S/C17H15ClFN5/c18-12-4-5-15(20-10-12)23-6-8-24(9-7-23)17-13-2-1-3-14(19)16(13)21-11-22-17/h1-5,10-11H,6-9H2. The van der Waals surface area contributed by atoms with Crippen molar-refractivity contribution in [1.82, 2.24) is 15.0 Å². The Hall–Kier alpha value is -2.47. The number of fused-ring (bicyclic) bond motifs is 1. The van der Waals surface area contributed by atoms with Gasteiger partial charge in [0.15, 0.2) is 0 Å². The summed E-state index contributed by atoms with van der Waals surface area (Å²) >= 11 is 5.89. The smallest absolute Gasteiger partial charge is 0.149 e. The van der Waals surface area contributed by atoms with Gasteiger partial charge in [-0.25, -0.2) is 19.3 Å². The first kappa shape index (κ1) is 15.1. The van der Waals surface area contributed by atoms with Crippen molar-refractivity contribution in [3.05, 3.63) is 53.7 Å². The molecule has 2 aromatic heterocycles. The van der Waals surface area contributed by atoms with Gasteiger partial charge in [-0.3, -0.25) is 0 Å². The SMILES string of the molecule is Fc1cccc2c(N3CCN(c4ccc(Cl)cn4)CC3)ncnc12. The van der Waals surface area contributed by atoms with E-state index in [4.69, 9.17) is 11.6 Å². The third kappa shape index (κ3) is 2.73. The molecular weight excluding hydrogens is 329 g/mol. The lowest BCUT2D eigenvalue weighted by molar-refractivity contribution is 0.633. The van der Waals surface area contributed by atoms with Crippen LogP contribution in [0.5, 0.6) is 0 Å². The Balaban J connectivity index is 1.56. The highest BCUT2D eigenvalue weighted by Crippen LogP contribution is 2.26. The lowest BCUT2D eigenvalue weighted by Gasteiger charge is -2.36. The third-order valence-electron chi connectivity index (χ3n) is 4.21. The van der Waals surface area contributed by atoms with Gasteiger partial charge in [0.05, 0.1) is 5.02 Å². The van der Waals surface area contributed by atoms with Gasteiger partial charge < -0.3 is 9.80 Å². The normalized spacial score (nSPS) is 15.1. The molecule has 5 nitrogen and oxygen atoms in total. The van der Waals surface area contributed by atoms with Gasteiger partial charge in [0.1, 0.15) is 29.3 Å². The van der Waals surface area contributed by atoms with E-state index in [1.807, 2.05) is 18.2 Å². The maximum atomic E-state index is 13.9. The van der Waals surface area contributed by atoms with Gasteiger partial charge in [0, 0.05) is 37.8 Å². The van der Waals surface area contributed by atoms with E-state index in [9.17, 15) is 4.39 Å². The molecule has 0 aliphatic carbocycles. The van der Waals surface area contributed by atoms with Crippen LogP contribution in [0.1, 0.15) is 0 Å². The summed E-state index contributed by atoms with van der Waals surface area (Å²) in [7, 11) is 0. The van der Waals surface area contributed by atoms with Crippen molar-refractivity contribution in [2.24, 2.45) is 0 Å². The number of aromatic nitrogens is 3. The zero-order valence-electron chi connectivity index (χ0n) is 12.9. The van der Waals surface area contributed by atoms with Crippen LogP contribution in [0.2, 0.25) is 5.02 Å². The van der Waals surface area contributed by atoms with Gasteiger partial charge in [0.2, 0.25) is 0 Å². The summed E-state index contributed by atoms with van der Waals surface area (Å²) in [5.41, 5.74) is 0.365. The second-order valence-corrected chi connectivity index (χ2v) is 6.08. The molecule has 122 valence electrons. The molecule has 0 amide bonds. The first-order valence-electron chi connectivity index (χ1n) is 7.73. The summed E-state index contributed by atoms with van der Waals surface area (Å²) < 4.78 is 13.9. The number of nitrogens with zero attached hydrogens (tertiary/aromatic N) is 5. The molecule has 4 rings (SSSR count). The van der Waals surface area contributed by atoms with Crippen LogP contribution in [0.4, 0.5) is 16.0 Å². The van der Waals surface area contributed by atoms with E-state index < -0.39 is 0 Å². The van der Waals surface area contributed by atoms with Gasteiger partial charge in [-0.15, -0.1) is 0 Å². The largest absolute Gasteiger partial charge is 0.353 e. The molecule has 0 saturated carbocycles. The van der Waals surface area contributed by atoms with Crippen molar-refractivity contribution in [2.45, 2.75) is 0 Å². The fourth-order valence-corrected chi connectivity index (χ4v) is 3.10. The summed E-state index contributed by atoms with van der Waals surface area (Å²) in [4.78, 5) is 17.2. The van der Waals surface area contributed by atoms with Crippen LogP contribution in [0.15, 0.2) is 42.9 Å². The zero-order chi connectivity index (χ0) is 16.5. The van der Waals surface area contributed by atoms with E-state index in [1.165, 1.54) is 12.4 Å². The quantitative estimate of drug-likeness (QED) is 0.715. The minimum Gasteiger partial charge on any atom is -0.353 e. The summed E-state index contributed by atoms with van der Waals surface area (Å²) in [6, 6.07) is 8.74. The number of pyridine rings is 1. The van der Waals surface area contributed by atoms with Crippen LogP contribution in [-0.4, -0.2) is 41.1 Å². The number of anilines is 2. The highest BCUT2D eigenvalue weighted by Gasteiger charge is 2.21. The Morgan fingerprint density at radius 3 is 2.46 bits per heavy atom. The fourth-order valence-electron chi connectivity index (χ4n) is 2.99. The number of benzene rings is 1. The Kier molecular flexibility index (Phi) is 3.90. The van der Waals surface area contributed by atoms with Crippen LogP contribution in [0.3, 0.4) is 0 Å². The molecule has 0 atom stereocenters. The minimum atomic E-state index is -0.319. The van der Waals surface area contributed by atoms with Gasteiger partial charge in [-0.05, 0) is 24.3 Å². The zero-order valence-corrected chi connectivity index (χ0v) is 13.6. The first-order valence-corrected chi connectivity index (χ1v) is 8.11.